The smallest absolute Gasteiger partial charge is 0.255 e. The Hall–Kier alpha value is -1.84. The molecule has 17 heavy (non-hydrogen) atoms. The molecule has 0 aliphatic heterocycles. The molecule has 1 heterocycles. The van der Waals surface area contributed by atoms with Gasteiger partial charge in [0.1, 0.15) is 5.82 Å². The number of nitrogens with zero attached hydrogens (tertiary/aromatic N) is 2. The third-order valence-electron chi connectivity index (χ3n) is 2.49. The summed E-state index contributed by atoms with van der Waals surface area (Å²) in [5.41, 5.74) is 0.623. The summed E-state index contributed by atoms with van der Waals surface area (Å²) in [6.07, 6.45) is 3.36. The molecule has 4 heteroatoms. The lowest BCUT2D eigenvalue weighted by atomic mass is 10.2. The Balaban J connectivity index is 2.72. The molecule has 0 unspecified atom stereocenters. The third-order valence-corrected chi connectivity index (χ3v) is 2.49. The topological polar surface area (TPSA) is 45.2 Å². The van der Waals surface area contributed by atoms with Gasteiger partial charge in [-0.25, -0.2) is 4.98 Å². The summed E-state index contributed by atoms with van der Waals surface area (Å²) in [6.45, 7) is 9.64. The van der Waals surface area contributed by atoms with Crippen molar-refractivity contribution in [3.63, 3.8) is 0 Å². The highest BCUT2D eigenvalue weighted by molar-refractivity contribution is 5.94. The van der Waals surface area contributed by atoms with Crippen LogP contribution in [0.5, 0.6) is 0 Å². The number of amides is 1. The van der Waals surface area contributed by atoms with Crippen LogP contribution in [0.15, 0.2) is 31.0 Å². The van der Waals surface area contributed by atoms with Crippen molar-refractivity contribution >= 4 is 11.7 Å². The zero-order chi connectivity index (χ0) is 12.7. The summed E-state index contributed by atoms with van der Waals surface area (Å²) in [5, 5.41) is 3.06. The van der Waals surface area contributed by atoms with Crippen LogP contribution in [0.4, 0.5) is 5.82 Å². The van der Waals surface area contributed by atoms with E-state index < -0.39 is 0 Å². The first-order valence-electron chi connectivity index (χ1n) is 5.83. The maximum absolute atomic E-state index is 12.0. The van der Waals surface area contributed by atoms with E-state index in [0.717, 1.165) is 5.82 Å². The van der Waals surface area contributed by atoms with Gasteiger partial charge in [0.2, 0.25) is 0 Å². The van der Waals surface area contributed by atoms with Gasteiger partial charge < -0.3 is 10.2 Å². The molecule has 4 nitrogen and oxygen atoms in total. The molecule has 0 saturated carbocycles. The SMILES string of the molecule is C=CCNc1ccc(C(=O)N(CC)CC)cn1. The Morgan fingerprint density at radius 2 is 2.18 bits per heavy atom. The van der Waals surface area contributed by atoms with Gasteiger partial charge in [0.25, 0.3) is 5.91 Å². The lowest BCUT2D eigenvalue weighted by Gasteiger charge is -2.18. The summed E-state index contributed by atoms with van der Waals surface area (Å²) in [6, 6.07) is 3.60. The maximum Gasteiger partial charge on any atom is 0.255 e. The Labute approximate surface area is 102 Å². The molecule has 0 bridgehead atoms. The van der Waals surface area contributed by atoms with Crippen molar-refractivity contribution in [1.82, 2.24) is 9.88 Å². The van der Waals surface area contributed by atoms with Crippen molar-refractivity contribution in [1.29, 1.82) is 0 Å². The number of nitrogens with one attached hydrogen (secondary N) is 1. The lowest BCUT2D eigenvalue weighted by molar-refractivity contribution is 0.0772. The largest absolute Gasteiger partial charge is 0.367 e. The minimum atomic E-state index is 0.0257. The summed E-state index contributed by atoms with van der Waals surface area (Å²) >= 11 is 0. The second kappa shape index (κ2) is 6.68. The average Bonchev–Trinajstić information content (AvgIpc) is 2.38. The fraction of sp³-hybridized carbons (Fsp3) is 0.385. The number of hydrogen-bond acceptors (Lipinski definition) is 3. The predicted molar refractivity (Wildman–Crippen MR) is 70.2 cm³/mol. The molecule has 0 atom stereocenters. The van der Waals surface area contributed by atoms with Gasteiger partial charge in [-0.2, -0.15) is 0 Å². The quantitative estimate of drug-likeness (QED) is 0.766. The highest BCUT2D eigenvalue weighted by Gasteiger charge is 2.12. The molecule has 1 aromatic heterocycles. The summed E-state index contributed by atoms with van der Waals surface area (Å²) < 4.78 is 0. The van der Waals surface area contributed by atoms with E-state index in [1.807, 2.05) is 13.8 Å². The van der Waals surface area contributed by atoms with Crippen LogP contribution in [0.2, 0.25) is 0 Å². The number of carbonyl (C=O) groups excluding carboxylic acids is 1. The van der Waals surface area contributed by atoms with Crippen molar-refractivity contribution in [2.45, 2.75) is 13.8 Å². The van der Waals surface area contributed by atoms with Crippen LogP contribution in [-0.4, -0.2) is 35.4 Å². The van der Waals surface area contributed by atoms with Gasteiger partial charge in [0.05, 0.1) is 5.56 Å². The van der Waals surface area contributed by atoms with Crippen molar-refractivity contribution in [3.8, 4) is 0 Å². The number of aromatic nitrogens is 1. The Morgan fingerprint density at radius 1 is 1.47 bits per heavy atom. The normalized spacial score (nSPS) is 9.76. The zero-order valence-electron chi connectivity index (χ0n) is 10.4. The van der Waals surface area contributed by atoms with Gasteiger partial charge >= 0.3 is 0 Å². The minimum Gasteiger partial charge on any atom is -0.367 e. The van der Waals surface area contributed by atoms with E-state index in [9.17, 15) is 4.79 Å². The molecule has 0 fully saturated rings. The van der Waals surface area contributed by atoms with Crippen molar-refractivity contribution in [3.05, 3.63) is 36.5 Å². The van der Waals surface area contributed by atoms with Gasteiger partial charge in [-0.05, 0) is 26.0 Å². The average molecular weight is 233 g/mol. The fourth-order valence-electron chi connectivity index (χ4n) is 1.50. The van der Waals surface area contributed by atoms with Gasteiger partial charge in [0, 0.05) is 25.8 Å². The van der Waals surface area contributed by atoms with Gasteiger partial charge in [-0.15, -0.1) is 6.58 Å². The molecule has 0 aromatic carbocycles. The molecule has 0 radical (unpaired) electrons. The lowest BCUT2D eigenvalue weighted by Crippen LogP contribution is -2.30. The summed E-state index contributed by atoms with van der Waals surface area (Å²) in [4.78, 5) is 17.9. The molecule has 92 valence electrons. The zero-order valence-corrected chi connectivity index (χ0v) is 10.4. The Bertz CT molecular complexity index is 369. The second-order valence-corrected chi connectivity index (χ2v) is 3.58. The Kier molecular flexibility index (Phi) is 5.20. The van der Waals surface area contributed by atoms with Gasteiger partial charge in [-0.3, -0.25) is 4.79 Å². The summed E-state index contributed by atoms with van der Waals surface area (Å²) in [5.74, 6) is 0.777. The van der Waals surface area contributed by atoms with Crippen LogP contribution in [-0.2, 0) is 0 Å². The molecular weight excluding hydrogens is 214 g/mol. The monoisotopic (exact) mass is 233 g/mol. The number of hydrogen-bond donors (Lipinski definition) is 1. The van der Waals surface area contributed by atoms with Crippen LogP contribution in [0.25, 0.3) is 0 Å². The van der Waals surface area contributed by atoms with E-state index in [-0.39, 0.29) is 5.91 Å². The molecule has 1 amide bonds. The van der Waals surface area contributed by atoms with Crippen LogP contribution in [0, 0.1) is 0 Å². The van der Waals surface area contributed by atoms with E-state index in [4.69, 9.17) is 0 Å². The van der Waals surface area contributed by atoms with Crippen LogP contribution in [0.1, 0.15) is 24.2 Å². The summed E-state index contributed by atoms with van der Waals surface area (Å²) in [7, 11) is 0. The van der Waals surface area contributed by atoms with Crippen LogP contribution >= 0.6 is 0 Å². The van der Waals surface area contributed by atoms with Crippen LogP contribution < -0.4 is 5.32 Å². The predicted octanol–water partition coefficient (Wildman–Crippen LogP) is 2.16. The molecule has 0 spiro atoms. The first-order chi connectivity index (χ1) is 8.22. The van der Waals surface area contributed by atoms with Crippen LogP contribution in [0.3, 0.4) is 0 Å². The molecule has 1 rings (SSSR count). The van der Waals surface area contributed by atoms with Crippen molar-refractivity contribution in [2.75, 3.05) is 25.0 Å². The third kappa shape index (κ3) is 3.59. The van der Waals surface area contributed by atoms with E-state index in [1.165, 1.54) is 0 Å². The molecule has 1 aromatic rings. The maximum atomic E-state index is 12.0. The standard InChI is InChI=1S/C13H19N3O/c1-4-9-14-12-8-7-11(10-15-12)13(17)16(5-2)6-3/h4,7-8,10H,1,5-6,9H2,2-3H3,(H,14,15). The van der Waals surface area contributed by atoms with E-state index in [1.54, 1.807) is 29.3 Å². The van der Waals surface area contributed by atoms with E-state index in [2.05, 4.69) is 16.9 Å². The molecule has 0 aliphatic carbocycles. The fourth-order valence-corrected chi connectivity index (χ4v) is 1.50. The number of pyridine rings is 1. The second-order valence-electron chi connectivity index (χ2n) is 3.58. The van der Waals surface area contributed by atoms with E-state index >= 15 is 0 Å². The minimum absolute atomic E-state index is 0.0257. The highest BCUT2D eigenvalue weighted by atomic mass is 16.2. The van der Waals surface area contributed by atoms with Gasteiger partial charge in [-0.1, -0.05) is 6.08 Å². The highest BCUT2D eigenvalue weighted by Crippen LogP contribution is 2.07. The van der Waals surface area contributed by atoms with Crippen molar-refractivity contribution < 1.29 is 4.79 Å². The molecule has 1 N–H and O–H groups in total. The number of carbonyl (C=O) groups is 1. The number of rotatable bonds is 6. The molecular formula is C13H19N3O. The molecule has 0 aliphatic rings. The Morgan fingerprint density at radius 3 is 2.65 bits per heavy atom. The van der Waals surface area contributed by atoms with Crippen molar-refractivity contribution in [2.24, 2.45) is 0 Å². The number of anilines is 1. The first kappa shape index (κ1) is 13.2. The molecule has 0 saturated heterocycles. The first-order valence-corrected chi connectivity index (χ1v) is 5.83. The van der Waals surface area contributed by atoms with Gasteiger partial charge in [0.15, 0.2) is 0 Å². The van der Waals surface area contributed by atoms with E-state index in [0.29, 0.717) is 25.2 Å².